The van der Waals surface area contributed by atoms with E-state index in [1.165, 1.54) is 11.5 Å². The molecule has 2 heteroatoms. The summed E-state index contributed by atoms with van der Waals surface area (Å²) in [7, 11) is 0. The Morgan fingerprint density at radius 3 is 2.43 bits per heavy atom. The maximum absolute atomic E-state index is 9.40. The van der Waals surface area contributed by atoms with Gasteiger partial charge in [0.2, 0.25) is 0 Å². The van der Waals surface area contributed by atoms with Gasteiger partial charge in [-0.15, -0.1) is 0 Å². The molecule has 1 N–H and O–H groups in total. The average Bonchev–Trinajstić information content (AvgIpc) is 2.20. The molecule has 0 amide bonds. The zero-order valence-electron chi connectivity index (χ0n) is 8.04. The van der Waals surface area contributed by atoms with Gasteiger partial charge in [-0.3, -0.25) is 0 Å². The maximum atomic E-state index is 9.40. The fourth-order valence-electron chi connectivity index (χ4n) is 1.97. The minimum Gasteiger partial charge on any atom is -0.393 e. The quantitative estimate of drug-likeness (QED) is 0.753. The molecule has 0 heterocycles. The van der Waals surface area contributed by atoms with Crippen molar-refractivity contribution in [3.63, 3.8) is 0 Å². The fourth-order valence-corrected chi connectivity index (χ4v) is 2.24. The van der Waals surface area contributed by atoms with Gasteiger partial charge in [0, 0.05) is 10.9 Å². The Morgan fingerprint density at radius 1 is 1.14 bits per heavy atom. The van der Waals surface area contributed by atoms with E-state index >= 15 is 0 Å². The average molecular weight is 210 g/mol. The van der Waals surface area contributed by atoms with E-state index in [0.717, 1.165) is 30.7 Å². The molecule has 1 aliphatic carbocycles. The van der Waals surface area contributed by atoms with Crippen molar-refractivity contribution in [2.45, 2.75) is 31.8 Å². The van der Waals surface area contributed by atoms with Crippen LogP contribution >= 0.6 is 11.6 Å². The first kappa shape index (κ1) is 10.0. The molecule has 2 rings (SSSR count). The van der Waals surface area contributed by atoms with Gasteiger partial charge >= 0.3 is 0 Å². The first-order valence-corrected chi connectivity index (χ1v) is 5.43. The van der Waals surface area contributed by atoms with Crippen molar-refractivity contribution < 1.29 is 5.11 Å². The van der Waals surface area contributed by atoms with Gasteiger partial charge in [-0.25, -0.2) is 0 Å². The lowest BCUT2D eigenvalue weighted by atomic mass is 9.83. The van der Waals surface area contributed by atoms with Crippen molar-refractivity contribution >= 4 is 11.6 Å². The summed E-state index contributed by atoms with van der Waals surface area (Å²) in [6.45, 7) is 0. The lowest BCUT2D eigenvalue weighted by Crippen LogP contribution is -2.17. The van der Waals surface area contributed by atoms with Crippen molar-refractivity contribution in [1.29, 1.82) is 0 Å². The topological polar surface area (TPSA) is 20.2 Å². The van der Waals surface area contributed by atoms with Crippen LogP contribution in [0.3, 0.4) is 0 Å². The standard InChI is InChI=1S/C12H14ClO/c13-12-4-2-1-3-11(12)9-5-7-10(14)8-6-9/h1-4,10,14H,5-8H2. The van der Waals surface area contributed by atoms with E-state index in [0.29, 0.717) is 0 Å². The molecule has 1 radical (unpaired) electrons. The molecule has 1 aromatic rings. The molecule has 75 valence electrons. The van der Waals surface area contributed by atoms with Gasteiger partial charge < -0.3 is 5.11 Å². The predicted molar refractivity (Wildman–Crippen MR) is 58.3 cm³/mol. The monoisotopic (exact) mass is 209 g/mol. The Bertz CT molecular complexity index is 303. The van der Waals surface area contributed by atoms with Crippen LogP contribution in [0.5, 0.6) is 0 Å². The molecule has 0 aliphatic heterocycles. The summed E-state index contributed by atoms with van der Waals surface area (Å²) in [5.41, 5.74) is 1.17. The number of rotatable bonds is 1. The van der Waals surface area contributed by atoms with Gasteiger partial charge in [-0.2, -0.15) is 0 Å². The third kappa shape index (κ3) is 2.10. The van der Waals surface area contributed by atoms with Crippen molar-refractivity contribution in [2.75, 3.05) is 0 Å². The summed E-state index contributed by atoms with van der Waals surface area (Å²) in [5, 5.41) is 10.2. The van der Waals surface area contributed by atoms with Gasteiger partial charge in [0.25, 0.3) is 0 Å². The van der Waals surface area contributed by atoms with E-state index in [9.17, 15) is 5.11 Å². The molecule has 0 spiro atoms. The van der Waals surface area contributed by atoms with E-state index in [1.807, 2.05) is 18.2 Å². The third-order valence-corrected chi connectivity index (χ3v) is 3.14. The summed E-state index contributed by atoms with van der Waals surface area (Å²) in [4.78, 5) is 0. The molecule has 1 saturated carbocycles. The maximum Gasteiger partial charge on any atom is 0.0540 e. The number of benzene rings is 1. The molecule has 1 aromatic carbocycles. The number of aliphatic hydroxyl groups excluding tert-OH is 1. The van der Waals surface area contributed by atoms with Crippen LogP contribution in [0.2, 0.25) is 5.02 Å². The van der Waals surface area contributed by atoms with Gasteiger partial charge in [0.15, 0.2) is 0 Å². The second-order valence-electron chi connectivity index (χ2n) is 3.81. The minimum absolute atomic E-state index is 0.110. The Hall–Kier alpha value is -0.530. The second kappa shape index (κ2) is 4.33. The molecule has 14 heavy (non-hydrogen) atoms. The van der Waals surface area contributed by atoms with Crippen LogP contribution in [0, 0.1) is 5.92 Å². The second-order valence-corrected chi connectivity index (χ2v) is 4.22. The summed E-state index contributed by atoms with van der Waals surface area (Å²) in [5.74, 6) is 1.39. The van der Waals surface area contributed by atoms with Crippen LogP contribution < -0.4 is 0 Å². The van der Waals surface area contributed by atoms with Gasteiger partial charge in [-0.1, -0.05) is 29.8 Å². The van der Waals surface area contributed by atoms with E-state index in [2.05, 4.69) is 6.07 Å². The molecule has 0 unspecified atom stereocenters. The van der Waals surface area contributed by atoms with Crippen LogP contribution in [0.15, 0.2) is 24.3 Å². The van der Waals surface area contributed by atoms with Crippen LogP contribution in [0.4, 0.5) is 0 Å². The number of hydrogen-bond acceptors (Lipinski definition) is 1. The molecule has 0 aromatic heterocycles. The Balaban J connectivity index is 2.12. The van der Waals surface area contributed by atoms with Crippen molar-refractivity contribution in [3.05, 3.63) is 40.8 Å². The molecule has 1 nitrogen and oxygen atoms in total. The fraction of sp³-hybridized carbons (Fsp3) is 0.417. The summed E-state index contributed by atoms with van der Waals surface area (Å²) < 4.78 is 0. The largest absolute Gasteiger partial charge is 0.393 e. The van der Waals surface area contributed by atoms with Crippen molar-refractivity contribution in [3.8, 4) is 0 Å². The Labute approximate surface area is 89.7 Å². The van der Waals surface area contributed by atoms with Crippen LogP contribution in [-0.2, 0) is 0 Å². The zero-order chi connectivity index (χ0) is 9.97. The zero-order valence-corrected chi connectivity index (χ0v) is 8.80. The SMILES string of the molecule is OC1CC[C](c2ccccc2Cl)CC1. The van der Waals surface area contributed by atoms with Crippen molar-refractivity contribution in [2.24, 2.45) is 0 Å². The third-order valence-electron chi connectivity index (χ3n) is 2.81. The Kier molecular flexibility index (Phi) is 3.09. The highest BCUT2D eigenvalue weighted by Crippen LogP contribution is 2.35. The van der Waals surface area contributed by atoms with Gasteiger partial charge in [-0.05, 0) is 37.3 Å². The molecule has 0 saturated heterocycles. The summed E-state index contributed by atoms with van der Waals surface area (Å²) >= 11 is 6.11. The molecule has 0 atom stereocenters. The minimum atomic E-state index is -0.110. The molecular formula is C12H14ClO. The predicted octanol–water partition coefficient (Wildman–Crippen LogP) is 3.20. The summed E-state index contributed by atoms with van der Waals surface area (Å²) in [6.07, 6.45) is 3.60. The van der Waals surface area contributed by atoms with E-state index in [-0.39, 0.29) is 6.10 Å². The smallest absolute Gasteiger partial charge is 0.0540 e. The lowest BCUT2D eigenvalue weighted by molar-refractivity contribution is 0.138. The number of aliphatic hydroxyl groups is 1. The van der Waals surface area contributed by atoms with Gasteiger partial charge in [0.1, 0.15) is 0 Å². The highest BCUT2D eigenvalue weighted by Gasteiger charge is 2.22. The lowest BCUT2D eigenvalue weighted by Gasteiger charge is -2.25. The molecule has 1 fully saturated rings. The van der Waals surface area contributed by atoms with Crippen LogP contribution in [0.1, 0.15) is 31.2 Å². The first-order chi connectivity index (χ1) is 6.77. The van der Waals surface area contributed by atoms with Crippen LogP contribution in [-0.4, -0.2) is 11.2 Å². The Morgan fingerprint density at radius 2 is 1.79 bits per heavy atom. The highest BCUT2D eigenvalue weighted by atomic mass is 35.5. The van der Waals surface area contributed by atoms with E-state index in [1.54, 1.807) is 0 Å². The first-order valence-electron chi connectivity index (χ1n) is 5.05. The highest BCUT2D eigenvalue weighted by molar-refractivity contribution is 6.31. The number of halogens is 1. The van der Waals surface area contributed by atoms with Gasteiger partial charge in [0.05, 0.1) is 6.10 Å². The van der Waals surface area contributed by atoms with Crippen molar-refractivity contribution in [1.82, 2.24) is 0 Å². The molecular weight excluding hydrogens is 196 g/mol. The summed E-state index contributed by atoms with van der Waals surface area (Å²) in [6, 6.07) is 7.95. The molecule has 1 aliphatic rings. The number of hydrogen-bond donors (Lipinski definition) is 1. The van der Waals surface area contributed by atoms with Crippen LogP contribution in [0.25, 0.3) is 0 Å². The normalized spacial score (nSPS) is 19.9. The van der Waals surface area contributed by atoms with E-state index in [4.69, 9.17) is 11.6 Å². The van der Waals surface area contributed by atoms with E-state index < -0.39 is 0 Å². The molecule has 0 bridgehead atoms.